The molecule has 0 fully saturated rings. The van der Waals surface area contributed by atoms with E-state index < -0.39 is 10.0 Å². The van der Waals surface area contributed by atoms with Gasteiger partial charge in [0.25, 0.3) is 0 Å². The Morgan fingerprint density at radius 2 is 1.74 bits per heavy atom. The van der Waals surface area contributed by atoms with Crippen molar-refractivity contribution in [1.29, 1.82) is 0 Å². The third-order valence-corrected chi connectivity index (χ3v) is 4.38. The van der Waals surface area contributed by atoms with E-state index in [1.54, 1.807) is 19.2 Å². The molecule has 0 aliphatic rings. The summed E-state index contributed by atoms with van der Waals surface area (Å²) in [5.74, 6) is -0.238. The number of carbonyl (C=O) groups excluding carboxylic acids is 1. The van der Waals surface area contributed by atoms with Gasteiger partial charge in [-0.3, -0.25) is 4.79 Å². The number of likely N-dealkylation sites (N-methyl/N-ethyl adjacent to an activating group) is 1. The first-order valence-electron chi connectivity index (χ1n) is 5.87. The summed E-state index contributed by atoms with van der Waals surface area (Å²) in [7, 11) is 1.08. The number of nitrogens with two attached hydrogens (primary N) is 1. The second-order valence-electron chi connectivity index (χ2n) is 3.94. The van der Waals surface area contributed by atoms with E-state index in [2.05, 4.69) is 6.14 Å². The minimum atomic E-state index is -3.44. The molecular weight excluding hydrogens is 268 g/mol. The minimum absolute atomic E-state index is 0.0890. The van der Waals surface area contributed by atoms with Crippen molar-refractivity contribution >= 4 is 21.6 Å². The number of anilines is 1. The Kier molecular flexibility index (Phi) is 5.43. The molecule has 1 rings (SSSR count). The summed E-state index contributed by atoms with van der Waals surface area (Å²) in [4.78, 5) is 12.9. The number of carbonyl (C=O) groups is 1. The Labute approximate surface area is 115 Å². The third kappa shape index (κ3) is 3.74. The normalized spacial score (nSPS) is 11.4. The van der Waals surface area contributed by atoms with Gasteiger partial charge in [-0.15, -0.1) is 0 Å². The zero-order valence-electron chi connectivity index (χ0n) is 12.2. The fourth-order valence-corrected chi connectivity index (χ4v) is 2.24. The lowest BCUT2D eigenvalue weighted by molar-refractivity contribution is -0.117. The van der Waals surface area contributed by atoms with E-state index in [0.717, 1.165) is 4.31 Å². The fourth-order valence-electron chi connectivity index (χ4n) is 1.33. The van der Waals surface area contributed by atoms with Crippen LogP contribution in [0, 0.1) is 0 Å². The maximum atomic E-state index is 11.8. The van der Waals surface area contributed by atoms with Gasteiger partial charge in [0.15, 0.2) is 0 Å². The summed E-state index contributed by atoms with van der Waals surface area (Å²) < 4.78 is 30.0. The summed E-state index contributed by atoms with van der Waals surface area (Å²) in [5, 5.41) is 0. The van der Waals surface area contributed by atoms with Crippen LogP contribution in [0.4, 0.5) is 5.69 Å². The Morgan fingerprint density at radius 1 is 1.26 bits per heavy atom. The van der Waals surface area contributed by atoms with Gasteiger partial charge in [0, 0.05) is 26.8 Å². The Balaban J connectivity index is 0.00000172. The van der Waals surface area contributed by atoms with Crippen molar-refractivity contribution < 1.29 is 14.6 Å². The summed E-state index contributed by atoms with van der Waals surface area (Å²) in [6.45, 7) is -0.0890. The number of sulfonamides is 1. The SMILES string of the molecule is CN(C(=O)CN)c1ccc(S(=O)(=O)N(C)C)cc1.[3H]N. The zero-order chi connectivity index (χ0) is 15.9. The second kappa shape index (κ2) is 6.62. The summed E-state index contributed by atoms with van der Waals surface area (Å²) >= 11 is 0. The topological polar surface area (TPSA) is 119 Å². The molecular formula is C11H20N4O3S. The van der Waals surface area contributed by atoms with Gasteiger partial charge in [0.1, 0.15) is 1.41 Å². The first-order chi connectivity index (χ1) is 9.30. The molecule has 1 amide bonds. The van der Waals surface area contributed by atoms with E-state index in [1.165, 1.54) is 31.1 Å². The maximum Gasteiger partial charge on any atom is 0.242 e. The molecule has 1 aromatic carbocycles. The smallest absolute Gasteiger partial charge is 0.242 e. The largest absolute Gasteiger partial charge is 0.344 e. The number of benzene rings is 1. The molecule has 0 heterocycles. The molecule has 0 saturated carbocycles. The van der Waals surface area contributed by atoms with Gasteiger partial charge < -0.3 is 16.8 Å². The van der Waals surface area contributed by atoms with Gasteiger partial charge in [0.2, 0.25) is 15.9 Å². The molecule has 0 aliphatic carbocycles. The summed E-state index contributed by atoms with van der Waals surface area (Å²) in [6.07, 6.45) is 3.75. The Morgan fingerprint density at radius 3 is 2.11 bits per heavy atom. The molecule has 0 aliphatic heterocycles. The molecule has 5 N–H and O–H groups in total. The fraction of sp³-hybridized carbons (Fsp3) is 0.364. The Bertz CT molecular complexity index is 531. The summed E-state index contributed by atoms with van der Waals surface area (Å²) in [6, 6.07) is 6.07. The first kappa shape index (κ1) is 15.6. The Hall–Kier alpha value is -1.48. The van der Waals surface area contributed by atoms with Crippen molar-refractivity contribution in [3.8, 4) is 0 Å². The van der Waals surface area contributed by atoms with Gasteiger partial charge >= 0.3 is 0 Å². The van der Waals surface area contributed by atoms with Crippen LogP contribution < -0.4 is 16.8 Å². The van der Waals surface area contributed by atoms with Crippen molar-refractivity contribution in [2.45, 2.75) is 4.90 Å². The van der Waals surface area contributed by atoms with Crippen LogP contribution in [0.1, 0.15) is 0 Å². The molecule has 0 spiro atoms. The molecule has 8 heteroatoms. The lowest BCUT2D eigenvalue weighted by Crippen LogP contribution is -2.32. The van der Waals surface area contributed by atoms with Crippen molar-refractivity contribution in [2.75, 3.05) is 32.6 Å². The van der Waals surface area contributed by atoms with Crippen LogP contribution in [0.5, 0.6) is 0 Å². The second-order valence-corrected chi connectivity index (χ2v) is 6.09. The number of nitrogens with zero attached hydrogens (tertiary/aromatic N) is 2. The van der Waals surface area contributed by atoms with Crippen LogP contribution in [0.15, 0.2) is 29.2 Å². The lowest BCUT2D eigenvalue weighted by Gasteiger charge is -2.17. The van der Waals surface area contributed by atoms with Crippen LogP contribution in [-0.2, 0) is 14.8 Å². The molecule has 1 aromatic rings. The number of amides is 1. The van der Waals surface area contributed by atoms with Crippen molar-refractivity contribution in [1.82, 2.24) is 10.4 Å². The van der Waals surface area contributed by atoms with Gasteiger partial charge in [-0.05, 0) is 24.3 Å². The molecule has 0 saturated heterocycles. The molecule has 0 bridgehead atoms. The van der Waals surface area contributed by atoms with Gasteiger partial charge in [-0.25, -0.2) is 12.7 Å². The van der Waals surface area contributed by atoms with Gasteiger partial charge in [-0.1, -0.05) is 0 Å². The van der Waals surface area contributed by atoms with E-state index in [9.17, 15) is 13.2 Å². The molecule has 19 heavy (non-hydrogen) atoms. The van der Waals surface area contributed by atoms with Crippen molar-refractivity contribution in [2.24, 2.45) is 5.73 Å². The average Bonchev–Trinajstić information content (AvgIpc) is 2.47. The molecule has 0 radical (unpaired) electrons. The van der Waals surface area contributed by atoms with E-state index in [4.69, 9.17) is 7.15 Å². The number of rotatable bonds is 4. The van der Waals surface area contributed by atoms with Crippen LogP contribution in [0.2, 0.25) is 1.41 Å². The highest BCUT2D eigenvalue weighted by Crippen LogP contribution is 2.18. The highest BCUT2D eigenvalue weighted by Gasteiger charge is 2.17. The summed E-state index contributed by atoms with van der Waals surface area (Å²) in [5.41, 5.74) is 5.86. The first-order valence-corrected chi connectivity index (χ1v) is 6.74. The third-order valence-electron chi connectivity index (χ3n) is 2.55. The van der Waals surface area contributed by atoms with E-state index in [-0.39, 0.29) is 17.3 Å². The van der Waals surface area contributed by atoms with E-state index >= 15 is 0 Å². The van der Waals surface area contributed by atoms with Crippen LogP contribution >= 0.6 is 0 Å². The highest BCUT2D eigenvalue weighted by atomic mass is 32.2. The monoisotopic (exact) mass is 290 g/mol. The maximum absolute atomic E-state index is 11.8. The van der Waals surface area contributed by atoms with E-state index in [1.807, 2.05) is 0 Å². The minimum Gasteiger partial charge on any atom is -0.344 e. The van der Waals surface area contributed by atoms with E-state index in [0.29, 0.717) is 5.69 Å². The van der Waals surface area contributed by atoms with Crippen LogP contribution in [-0.4, -0.2) is 46.3 Å². The lowest BCUT2D eigenvalue weighted by atomic mass is 10.3. The van der Waals surface area contributed by atoms with Crippen molar-refractivity contribution in [3.63, 3.8) is 0 Å². The van der Waals surface area contributed by atoms with Gasteiger partial charge in [-0.2, -0.15) is 0 Å². The predicted molar refractivity (Wildman–Crippen MR) is 74.8 cm³/mol. The number of hydrogen-bond acceptors (Lipinski definition) is 5. The highest BCUT2D eigenvalue weighted by molar-refractivity contribution is 7.89. The predicted octanol–water partition coefficient (Wildman–Crippen LogP) is 0.0204. The zero-order valence-corrected chi connectivity index (χ0v) is 12.0. The molecule has 0 aromatic heterocycles. The number of hydrogen-bond donors (Lipinski definition) is 2. The van der Waals surface area contributed by atoms with Crippen molar-refractivity contribution in [3.05, 3.63) is 24.3 Å². The molecule has 108 valence electrons. The molecule has 0 atom stereocenters. The standard InChI is InChI=1S/C11H17N3O3S.H3N/c1-13(2)18(16,17)10-6-4-9(5-7-10)14(3)11(15)8-12;/h4-7H,8,12H2,1-3H3;1H3/i/hT. The van der Waals surface area contributed by atoms with Crippen LogP contribution in [0.25, 0.3) is 0 Å². The average molecular weight is 290 g/mol. The van der Waals surface area contributed by atoms with Gasteiger partial charge in [0.05, 0.1) is 11.4 Å². The quantitative estimate of drug-likeness (QED) is 0.810. The molecule has 0 unspecified atom stereocenters. The van der Waals surface area contributed by atoms with Crippen LogP contribution in [0.3, 0.4) is 0 Å². The molecule has 7 nitrogen and oxygen atoms in total.